The van der Waals surface area contributed by atoms with Gasteiger partial charge in [0, 0.05) is 11.3 Å². The third-order valence-corrected chi connectivity index (χ3v) is 3.85. The first-order valence-corrected chi connectivity index (χ1v) is 7.58. The highest BCUT2D eigenvalue weighted by molar-refractivity contribution is 7.81. The highest BCUT2D eigenvalue weighted by Gasteiger charge is 2.13. The van der Waals surface area contributed by atoms with Crippen molar-refractivity contribution in [1.29, 1.82) is 0 Å². The van der Waals surface area contributed by atoms with Crippen molar-refractivity contribution in [2.24, 2.45) is 0 Å². The third kappa shape index (κ3) is 3.71. The Kier molecular flexibility index (Phi) is 5.28. The van der Waals surface area contributed by atoms with Crippen LogP contribution in [-0.2, 0) is 16.0 Å². The lowest BCUT2D eigenvalue weighted by molar-refractivity contribution is -0.142. The summed E-state index contributed by atoms with van der Waals surface area (Å²) in [7, 11) is 0. The number of hydrogen-bond acceptors (Lipinski definition) is 4. The van der Waals surface area contributed by atoms with Crippen molar-refractivity contribution in [2.75, 3.05) is 12.3 Å². The van der Waals surface area contributed by atoms with E-state index in [4.69, 9.17) is 22.7 Å². The number of ether oxygens (including phenoxy) is 1. The zero-order valence-electron chi connectivity index (χ0n) is 12.8. The number of esters is 1. The average molecular weight is 313 g/mol. The number of para-hydroxylation sites is 1. The molecule has 0 aliphatic rings. The summed E-state index contributed by atoms with van der Waals surface area (Å²) in [4.78, 5) is 12.3. The van der Waals surface area contributed by atoms with Gasteiger partial charge in [-0.15, -0.1) is 0 Å². The zero-order chi connectivity index (χ0) is 16.1. The lowest BCUT2D eigenvalue weighted by Gasteiger charge is -2.12. The predicted molar refractivity (Wildman–Crippen MR) is 93.2 cm³/mol. The Morgan fingerprint density at radius 2 is 1.86 bits per heavy atom. The Labute approximate surface area is 136 Å². The molecule has 0 unspecified atom stereocenters. The van der Waals surface area contributed by atoms with Crippen LogP contribution in [0.4, 0.5) is 5.69 Å². The van der Waals surface area contributed by atoms with E-state index in [0.717, 1.165) is 16.7 Å². The molecule has 0 radical (unpaired) electrons. The smallest absolute Gasteiger partial charge is 0.310 e. The molecular weight excluding hydrogens is 294 g/mol. The number of anilines is 1. The second-order valence-corrected chi connectivity index (χ2v) is 5.46. The zero-order valence-corrected chi connectivity index (χ0v) is 13.6. The van der Waals surface area contributed by atoms with Crippen LogP contribution in [0.5, 0.6) is 0 Å². The molecule has 0 heterocycles. The van der Waals surface area contributed by atoms with Gasteiger partial charge < -0.3 is 10.5 Å². The Balaban J connectivity index is 2.30. The van der Waals surface area contributed by atoms with Gasteiger partial charge in [-0.3, -0.25) is 4.79 Å². The summed E-state index contributed by atoms with van der Waals surface area (Å²) in [6.45, 7) is 4.17. The fourth-order valence-corrected chi connectivity index (χ4v) is 2.51. The monoisotopic (exact) mass is 313 g/mol. The molecule has 0 spiro atoms. The van der Waals surface area contributed by atoms with Crippen LogP contribution in [0.25, 0.3) is 0 Å². The number of nitrogen functional groups attached to an aromatic ring is 1. The maximum Gasteiger partial charge on any atom is 0.310 e. The molecule has 2 N–H and O–H groups in total. The van der Waals surface area contributed by atoms with E-state index in [0.29, 0.717) is 17.2 Å². The number of benzene rings is 2. The van der Waals surface area contributed by atoms with Crippen molar-refractivity contribution in [3.8, 4) is 0 Å². The molecule has 0 aliphatic carbocycles. The maximum atomic E-state index is 11.6. The molecule has 0 saturated heterocycles. The van der Waals surface area contributed by atoms with Gasteiger partial charge in [0.2, 0.25) is 0 Å². The van der Waals surface area contributed by atoms with Crippen LogP contribution < -0.4 is 5.73 Å². The molecule has 2 rings (SSSR count). The summed E-state index contributed by atoms with van der Waals surface area (Å²) in [5, 5.41) is 0. The van der Waals surface area contributed by atoms with Crippen LogP contribution >= 0.6 is 12.2 Å². The van der Waals surface area contributed by atoms with Gasteiger partial charge in [-0.25, -0.2) is 0 Å². The second kappa shape index (κ2) is 7.18. The van der Waals surface area contributed by atoms with Crippen molar-refractivity contribution in [3.05, 3.63) is 64.7 Å². The largest absolute Gasteiger partial charge is 0.466 e. The van der Waals surface area contributed by atoms with E-state index in [1.165, 1.54) is 5.56 Å². The number of hydrogen-bond donors (Lipinski definition) is 1. The van der Waals surface area contributed by atoms with Gasteiger partial charge in [-0.2, -0.15) is 0 Å². The fraction of sp³-hybridized carbons (Fsp3) is 0.222. The normalized spacial score (nSPS) is 10.3. The summed E-state index contributed by atoms with van der Waals surface area (Å²) in [6.07, 6.45) is 0.157. The minimum Gasteiger partial charge on any atom is -0.466 e. The number of nitrogens with two attached hydrogens (primary N) is 1. The fourth-order valence-electron chi connectivity index (χ4n) is 2.19. The summed E-state index contributed by atoms with van der Waals surface area (Å²) in [5.74, 6) is -0.285. The van der Waals surface area contributed by atoms with Crippen molar-refractivity contribution >= 4 is 28.7 Å². The van der Waals surface area contributed by atoms with Crippen molar-refractivity contribution in [1.82, 2.24) is 0 Å². The van der Waals surface area contributed by atoms with E-state index < -0.39 is 0 Å². The van der Waals surface area contributed by atoms with E-state index in [1.54, 1.807) is 6.92 Å². The maximum absolute atomic E-state index is 11.6. The molecule has 3 nitrogen and oxygen atoms in total. The first-order chi connectivity index (χ1) is 10.5. The third-order valence-electron chi connectivity index (χ3n) is 3.39. The van der Waals surface area contributed by atoms with Crippen LogP contribution in [0.15, 0.2) is 42.5 Å². The van der Waals surface area contributed by atoms with Crippen LogP contribution in [0.2, 0.25) is 0 Å². The second-order valence-electron chi connectivity index (χ2n) is 5.06. The number of rotatable bonds is 5. The van der Waals surface area contributed by atoms with Gasteiger partial charge in [0.1, 0.15) is 0 Å². The molecule has 114 valence electrons. The highest BCUT2D eigenvalue weighted by Crippen LogP contribution is 2.22. The molecule has 0 aromatic heterocycles. The predicted octanol–water partition coefficient (Wildman–Crippen LogP) is 3.45. The molecule has 2 aromatic rings. The molecular formula is C18H19NO2S. The van der Waals surface area contributed by atoms with E-state index in [1.807, 2.05) is 49.4 Å². The molecule has 0 aliphatic heterocycles. The quantitative estimate of drug-likeness (QED) is 0.397. The van der Waals surface area contributed by atoms with Gasteiger partial charge in [-0.1, -0.05) is 60.2 Å². The molecule has 0 saturated carbocycles. The minimum atomic E-state index is -0.285. The van der Waals surface area contributed by atoms with Gasteiger partial charge >= 0.3 is 5.97 Å². The van der Waals surface area contributed by atoms with Crippen molar-refractivity contribution in [2.45, 2.75) is 20.3 Å². The Morgan fingerprint density at radius 3 is 2.50 bits per heavy atom. The number of carbonyl (C=O) groups is 1. The minimum absolute atomic E-state index is 0.157. The molecule has 4 heteroatoms. The molecule has 0 bridgehead atoms. The van der Waals surface area contributed by atoms with Gasteiger partial charge in [-0.05, 0) is 25.0 Å². The van der Waals surface area contributed by atoms with E-state index in [-0.39, 0.29) is 12.4 Å². The van der Waals surface area contributed by atoms with Gasteiger partial charge in [0.15, 0.2) is 0 Å². The SMILES string of the molecule is CCOC(=O)Cc1cccc(C(=S)c2ccc(C)cc2)c1N. The van der Waals surface area contributed by atoms with Crippen molar-refractivity contribution < 1.29 is 9.53 Å². The Bertz CT molecular complexity index is 693. The molecule has 0 amide bonds. The number of aryl methyl sites for hydroxylation is 1. The average Bonchev–Trinajstić information content (AvgIpc) is 2.50. The van der Waals surface area contributed by atoms with Gasteiger partial charge in [0.05, 0.1) is 17.9 Å². The summed E-state index contributed by atoms with van der Waals surface area (Å²) in [5.41, 5.74) is 10.4. The summed E-state index contributed by atoms with van der Waals surface area (Å²) < 4.78 is 4.97. The topological polar surface area (TPSA) is 52.3 Å². The van der Waals surface area contributed by atoms with Crippen LogP contribution in [-0.4, -0.2) is 17.4 Å². The molecule has 2 aromatic carbocycles. The van der Waals surface area contributed by atoms with E-state index >= 15 is 0 Å². The summed E-state index contributed by atoms with van der Waals surface area (Å²) in [6, 6.07) is 13.6. The molecule has 0 atom stereocenters. The first kappa shape index (κ1) is 16.2. The molecule has 0 fully saturated rings. The number of carbonyl (C=O) groups excluding carboxylic acids is 1. The number of thiocarbonyl (C=S) groups is 1. The summed E-state index contributed by atoms with van der Waals surface area (Å²) >= 11 is 5.55. The van der Waals surface area contributed by atoms with Gasteiger partial charge in [0.25, 0.3) is 0 Å². The van der Waals surface area contributed by atoms with E-state index in [9.17, 15) is 4.79 Å². The Morgan fingerprint density at radius 1 is 1.18 bits per heavy atom. The first-order valence-electron chi connectivity index (χ1n) is 7.17. The Hall–Kier alpha value is -2.20. The van der Waals surface area contributed by atoms with Crippen molar-refractivity contribution in [3.63, 3.8) is 0 Å². The van der Waals surface area contributed by atoms with E-state index in [2.05, 4.69) is 0 Å². The van der Waals surface area contributed by atoms with Crippen LogP contribution in [0.3, 0.4) is 0 Å². The highest BCUT2D eigenvalue weighted by atomic mass is 32.1. The lowest BCUT2D eigenvalue weighted by atomic mass is 9.98. The lowest BCUT2D eigenvalue weighted by Crippen LogP contribution is -2.12. The van der Waals surface area contributed by atoms with Crippen LogP contribution in [0.1, 0.15) is 29.2 Å². The standard InChI is InChI=1S/C18H19NO2S/c1-3-21-16(20)11-14-5-4-6-15(17(14)19)18(22)13-9-7-12(2)8-10-13/h4-10H,3,11,19H2,1-2H3. The van der Waals surface area contributed by atoms with Crippen LogP contribution in [0, 0.1) is 6.92 Å². The molecule has 22 heavy (non-hydrogen) atoms.